The van der Waals surface area contributed by atoms with Gasteiger partial charge in [-0.15, -0.1) is 0 Å². The molecule has 1 aliphatic rings. The number of anilines is 1. The van der Waals surface area contributed by atoms with Crippen molar-refractivity contribution in [1.29, 1.82) is 0 Å². The monoisotopic (exact) mass is 368 g/mol. The lowest BCUT2D eigenvalue weighted by molar-refractivity contribution is -0.129. The highest BCUT2D eigenvalue weighted by molar-refractivity contribution is 5.78. The van der Waals surface area contributed by atoms with Crippen molar-refractivity contribution in [1.82, 2.24) is 25.2 Å². The number of rotatable bonds is 6. The summed E-state index contributed by atoms with van der Waals surface area (Å²) in [4.78, 5) is 29.9. The van der Waals surface area contributed by atoms with Gasteiger partial charge in [0.2, 0.25) is 5.91 Å². The summed E-state index contributed by atoms with van der Waals surface area (Å²) in [5, 5.41) is 3.51. The van der Waals surface area contributed by atoms with Crippen molar-refractivity contribution in [3.8, 4) is 0 Å². The van der Waals surface area contributed by atoms with E-state index in [9.17, 15) is 4.79 Å². The van der Waals surface area contributed by atoms with E-state index in [2.05, 4.69) is 10.3 Å². The van der Waals surface area contributed by atoms with Crippen molar-refractivity contribution < 1.29 is 4.79 Å². The van der Waals surface area contributed by atoms with E-state index in [1.165, 1.54) is 12.8 Å². The molecule has 0 spiro atoms. The number of nitrogens with zero attached hydrogens (tertiary/aromatic N) is 5. The van der Waals surface area contributed by atoms with E-state index in [0.717, 1.165) is 36.0 Å². The first-order chi connectivity index (χ1) is 13.0. The van der Waals surface area contributed by atoms with Crippen LogP contribution in [-0.4, -0.2) is 53.4 Å². The Kier molecular flexibility index (Phi) is 6.34. The predicted molar refractivity (Wildman–Crippen MR) is 105 cm³/mol. The van der Waals surface area contributed by atoms with Crippen LogP contribution < -0.4 is 10.2 Å². The minimum absolute atomic E-state index is 0.0241. The molecule has 144 valence electrons. The number of likely N-dealkylation sites (N-methyl/N-ethyl adjacent to an activating group) is 1. The second kappa shape index (κ2) is 8.90. The summed E-state index contributed by atoms with van der Waals surface area (Å²) in [7, 11) is 5.75. The molecule has 7 nitrogen and oxygen atoms in total. The Labute approximate surface area is 160 Å². The molecule has 0 bridgehead atoms. The van der Waals surface area contributed by atoms with Gasteiger partial charge in [-0.25, -0.2) is 9.97 Å². The van der Waals surface area contributed by atoms with Gasteiger partial charge < -0.3 is 15.1 Å². The molecule has 2 aromatic heterocycles. The Morgan fingerprint density at radius 1 is 1.19 bits per heavy atom. The van der Waals surface area contributed by atoms with Crippen LogP contribution in [-0.2, 0) is 17.8 Å². The maximum Gasteiger partial charge on any atom is 0.228 e. The zero-order valence-corrected chi connectivity index (χ0v) is 16.4. The van der Waals surface area contributed by atoms with E-state index in [0.29, 0.717) is 13.0 Å². The molecule has 1 atom stereocenters. The van der Waals surface area contributed by atoms with E-state index in [1.54, 1.807) is 18.1 Å². The van der Waals surface area contributed by atoms with Gasteiger partial charge in [0.25, 0.3) is 0 Å². The summed E-state index contributed by atoms with van der Waals surface area (Å²) in [5.41, 5.74) is 1.63. The summed E-state index contributed by atoms with van der Waals surface area (Å²) in [5.74, 6) is 1.71. The predicted octanol–water partition coefficient (Wildman–Crippen LogP) is 1.95. The third-order valence-electron chi connectivity index (χ3n) is 4.75. The molecule has 1 aliphatic heterocycles. The number of hydrogen-bond donors (Lipinski definition) is 1. The average Bonchev–Trinajstić information content (AvgIpc) is 2.69. The van der Waals surface area contributed by atoms with Crippen LogP contribution in [0, 0.1) is 0 Å². The first-order valence-corrected chi connectivity index (χ1v) is 9.45. The van der Waals surface area contributed by atoms with Gasteiger partial charge in [-0.2, -0.15) is 0 Å². The quantitative estimate of drug-likeness (QED) is 0.840. The van der Waals surface area contributed by atoms with Gasteiger partial charge in [0.15, 0.2) is 0 Å². The highest BCUT2D eigenvalue weighted by atomic mass is 16.2. The lowest BCUT2D eigenvalue weighted by Crippen LogP contribution is -2.31. The molecule has 1 amide bonds. The minimum atomic E-state index is 0.0241. The fraction of sp³-hybridized carbons (Fsp3) is 0.500. The largest absolute Gasteiger partial charge is 0.363 e. The summed E-state index contributed by atoms with van der Waals surface area (Å²) in [6, 6.07) is 7.76. The lowest BCUT2D eigenvalue weighted by Gasteiger charge is -2.25. The summed E-state index contributed by atoms with van der Waals surface area (Å²) < 4.78 is 0. The first-order valence-electron chi connectivity index (χ1n) is 9.45. The molecule has 0 aliphatic carbocycles. The Bertz CT molecular complexity index is 758. The number of nitrogens with one attached hydrogen (secondary N) is 1. The molecule has 1 N–H and O–H groups in total. The number of amides is 1. The molecule has 0 aromatic carbocycles. The van der Waals surface area contributed by atoms with Gasteiger partial charge in [0, 0.05) is 39.1 Å². The highest BCUT2D eigenvalue weighted by Gasteiger charge is 2.20. The molecule has 3 heterocycles. The van der Waals surface area contributed by atoms with Crippen LogP contribution in [0.25, 0.3) is 0 Å². The summed E-state index contributed by atoms with van der Waals surface area (Å²) in [6.45, 7) is 1.45. The van der Waals surface area contributed by atoms with Crippen molar-refractivity contribution in [2.24, 2.45) is 0 Å². The molecule has 0 radical (unpaired) electrons. The summed E-state index contributed by atoms with van der Waals surface area (Å²) in [6.07, 6.45) is 5.43. The van der Waals surface area contributed by atoms with Crippen LogP contribution in [0.15, 0.2) is 30.5 Å². The third-order valence-corrected chi connectivity index (χ3v) is 4.75. The minimum Gasteiger partial charge on any atom is -0.363 e. The Balaban J connectivity index is 1.74. The topological polar surface area (TPSA) is 74.2 Å². The highest BCUT2D eigenvalue weighted by Crippen LogP contribution is 2.22. The van der Waals surface area contributed by atoms with Crippen LogP contribution in [0.3, 0.4) is 0 Å². The Morgan fingerprint density at radius 2 is 2.04 bits per heavy atom. The molecule has 1 fully saturated rings. The lowest BCUT2D eigenvalue weighted by atomic mass is 10.0. The van der Waals surface area contributed by atoms with Gasteiger partial charge in [-0.05, 0) is 31.5 Å². The number of carbonyl (C=O) groups is 1. The van der Waals surface area contributed by atoms with Crippen molar-refractivity contribution in [3.05, 3.63) is 47.7 Å². The number of carbonyl (C=O) groups excluding carboxylic acids is 1. The molecule has 3 rings (SSSR count). The molecule has 0 saturated carbocycles. The molecular formula is C20H28N6O. The molecular weight excluding hydrogens is 340 g/mol. The number of pyridine rings is 1. The molecule has 1 saturated heterocycles. The summed E-state index contributed by atoms with van der Waals surface area (Å²) >= 11 is 0. The van der Waals surface area contributed by atoms with E-state index >= 15 is 0 Å². The van der Waals surface area contributed by atoms with E-state index < -0.39 is 0 Å². The van der Waals surface area contributed by atoms with Crippen molar-refractivity contribution >= 4 is 11.7 Å². The number of aromatic nitrogens is 3. The zero-order chi connectivity index (χ0) is 19.2. The Hall–Kier alpha value is -2.54. The Morgan fingerprint density at radius 3 is 2.70 bits per heavy atom. The number of piperidine rings is 1. The standard InChI is InChI=1S/C20H28N6O/c1-25(2)18-12-16(23-20(24-18)17-9-5-7-11-22-17)14-26(3)19(27)13-15-8-4-6-10-21-15/h4,6,8,10,12,17,22H,5,7,9,11,13-14H2,1-3H3. The molecule has 27 heavy (non-hydrogen) atoms. The first kappa shape index (κ1) is 19.2. The van der Waals surface area contributed by atoms with Crippen molar-refractivity contribution in [2.75, 3.05) is 32.6 Å². The second-order valence-corrected chi connectivity index (χ2v) is 7.22. The van der Waals surface area contributed by atoms with Crippen LogP contribution in [0.2, 0.25) is 0 Å². The second-order valence-electron chi connectivity index (χ2n) is 7.22. The van der Waals surface area contributed by atoms with E-state index in [-0.39, 0.29) is 11.9 Å². The van der Waals surface area contributed by atoms with Gasteiger partial charge >= 0.3 is 0 Å². The normalized spacial score (nSPS) is 16.8. The third kappa shape index (κ3) is 5.23. The van der Waals surface area contributed by atoms with Gasteiger partial charge in [-0.1, -0.05) is 12.5 Å². The van der Waals surface area contributed by atoms with Crippen LogP contribution in [0.4, 0.5) is 5.82 Å². The fourth-order valence-corrected chi connectivity index (χ4v) is 3.16. The number of hydrogen-bond acceptors (Lipinski definition) is 6. The van der Waals surface area contributed by atoms with Gasteiger partial charge in [0.1, 0.15) is 11.6 Å². The van der Waals surface area contributed by atoms with E-state index in [1.807, 2.05) is 43.3 Å². The van der Waals surface area contributed by atoms with Gasteiger partial charge in [0.05, 0.1) is 24.7 Å². The molecule has 7 heteroatoms. The zero-order valence-electron chi connectivity index (χ0n) is 16.4. The SMILES string of the molecule is CN(Cc1cc(N(C)C)nc(C2CCCCN2)n1)C(=O)Cc1ccccn1. The smallest absolute Gasteiger partial charge is 0.228 e. The average molecular weight is 368 g/mol. The van der Waals surface area contributed by atoms with Crippen molar-refractivity contribution in [3.63, 3.8) is 0 Å². The molecule has 1 unspecified atom stereocenters. The maximum atomic E-state index is 12.5. The maximum absolute atomic E-state index is 12.5. The van der Waals surface area contributed by atoms with Crippen LogP contribution in [0.5, 0.6) is 0 Å². The van der Waals surface area contributed by atoms with Crippen LogP contribution in [0.1, 0.15) is 42.5 Å². The van der Waals surface area contributed by atoms with E-state index in [4.69, 9.17) is 9.97 Å². The molecule has 2 aromatic rings. The van der Waals surface area contributed by atoms with Crippen LogP contribution >= 0.6 is 0 Å². The van der Waals surface area contributed by atoms with Gasteiger partial charge in [-0.3, -0.25) is 9.78 Å². The van der Waals surface area contributed by atoms with Crippen molar-refractivity contribution in [2.45, 2.75) is 38.3 Å². The fourth-order valence-electron chi connectivity index (χ4n) is 3.16.